The number of nitrogens with zero attached hydrogens (tertiary/aromatic N) is 1. The number of hydrogen-bond acceptors (Lipinski definition) is 5. The summed E-state index contributed by atoms with van der Waals surface area (Å²) in [6, 6.07) is 16.1. The Morgan fingerprint density at radius 2 is 1.70 bits per heavy atom. The highest BCUT2D eigenvalue weighted by atomic mass is 16.3. The molecule has 2 aliphatic rings. The van der Waals surface area contributed by atoms with Gasteiger partial charge in [0.1, 0.15) is 11.6 Å². The van der Waals surface area contributed by atoms with Gasteiger partial charge in [-0.25, -0.2) is 4.79 Å². The lowest BCUT2D eigenvalue weighted by Crippen LogP contribution is -2.42. The summed E-state index contributed by atoms with van der Waals surface area (Å²) in [5.74, 6) is -0.138. The summed E-state index contributed by atoms with van der Waals surface area (Å²) < 4.78 is 1.52. The van der Waals surface area contributed by atoms with Crippen LogP contribution in [0.5, 0.6) is 5.75 Å². The minimum absolute atomic E-state index is 0.0160. The third-order valence-electron chi connectivity index (χ3n) is 6.41. The van der Waals surface area contributed by atoms with Gasteiger partial charge in [0.2, 0.25) is 0 Å². The molecule has 7 nitrogen and oxygen atoms in total. The Hall–Kier alpha value is -3.87. The number of ketones is 1. The Kier molecular flexibility index (Phi) is 4.85. The molecule has 0 bridgehead atoms. The van der Waals surface area contributed by atoms with Gasteiger partial charge in [-0.3, -0.25) is 19.1 Å². The van der Waals surface area contributed by atoms with Crippen molar-refractivity contribution in [1.82, 2.24) is 9.55 Å². The summed E-state index contributed by atoms with van der Waals surface area (Å²) in [6.07, 6.45) is 0.993. The third-order valence-corrected chi connectivity index (χ3v) is 6.41. The lowest BCUT2D eigenvalue weighted by molar-refractivity contribution is -0.118. The van der Waals surface area contributed by atoms with Crippen molar-refractivity contribution in [1.29, 1.82) is 0 Å². The van der Waals surface area contributed by atoms with Crippen LogP contribution in [0, 0.1) is 5.41 Å². The first-order chi connectivity index (χ1) is 15.7. The molecule has 3 aromatic rings. The van der Waals surface area contributed by atoms with Crippen molar-refractivity contribution < 1.29 is 9.90 Å². The number of phenolic OH excluding ortho intramolecular Hbond substituents is 1. The van der Waals surface area contributed by atoms with Gasteiger partial charge in [0.25, 0.3) is 5.56 Å². The first-order valence-electron chi connectivity index (χ1n) is 11.0. The Morgan fingerprint density at radius 3 is 2.39 bits per heavy atom. The number of rotatable bonds is 3. The molecule has 5 rings (SSSR count). The van der Waals surface area contributed by atoms with E-state index >= 15 is 0 Å². The molecule has 1 atom stereocenters. The Balaban J connectivity index is 1.77. The smallest absolute Gasteiger partial charge is 0.330 e. The molecule has 168 valence electrons. The van der Waals surface area contributed by atoms with E-state index in [4.69, 9.17) is 0 Å². The number of aromatic amines is 1. The summed E-state index contributed by atoms with van der Waals surface area (Å²) in [4.78, 5) is 41.8. The van der Waals surface area contributed by atoms with Crippen LogP contribution < -0.4 is 16.6 Å². The van der Waals surface area contributed by atoms with Crippen molar-refractivity contribution >= 4 is 11.6 Å². The van der Waals surface area contributed by atoms with E-state index < -0.39 is 17.2 Å². The molecule has 0 unspecified atom stereocenters. The molecule has 0 radical (unpaired) electrons. The van der Waals surface area contributed by atoms with Gasteiger partial charge in [-0.1, -0.05) is 56.3 Å². The number of Topliss-reactive ketones (excluding diaryl/α,β-unsaturated/α-hetero) is 1. The molecular formula is C26H25N3O4. The van der Waals surface area contributed by atoms with Gasteiger partial charge >= 0.3 is 5.69 Å². The van der Waals surface area contributed by atoms with Gasteiger partial charge < -0.3 is 10.4 Å². The number of H-pyrrole nitrogens is 1. The number of fused-ring (bicyclic) bond motifs is 1. The third kappa shape index (κ3) is 3.69. The van der Waals surface area contributed by atoms with Gasteiger partial charge in [-0.15, -0.1) is 0 Å². The topological polar surface area (TPSA) is 104 Å². The van der Waals surface area contributed by atoms with E-state index in [2.05, 4.69) is 10.3 Å². The molecule has 0 saturated heterocycles. The number of phenols is 1. The fourth-order valence-corrected chi connectivity index (χ4v) is 4.97. The molecule has 2 heterocycles. The minimum Gasteiger partial charge on any atom is -0.508 e. The monoisotopic (exact) mass is 443 g/mol. The van der Waals surface area contributed by atoms with E-state index in [1.807, 2.05) is 44.2 Å². The van der Waals surface area contributed by atoms with E-state index in [-0.39, 0.29) is 23.5 Å². The Morgan fingerprint density at radius 1 is 1.00 bits per heavy atom. The Labute approximate surface area is 190 Å². The van der Waals surface area contributed by atoms with Crippen LogP contribution in [0.25, 0.3) is 0 Å². The molecule has 1 aromatic heterocycles. The van der Waals surface area contributed by atoms with E-state index in [9.17, 15) is 19.5 Å². The largest absolute Gasteiger partial charge is 0.508 e. The SMILES string of the molecule is CC1(C)CC(=O)C2=C(C1)Nc1c(c(=O)[nH]c(=O)n1Cc1ccccc1)[C@H]2c1ccc(O)cc1. The van der Waals surface area contributed by atoms with Crippen LogP contribution in [0.3, 0.4) is 0 Å². The number of aromatic nitrogens is 2. The molecule has 0 fully saturated rings. The van der Waals surface area contributed by atoms with Crippen molar-refractivity contribution in [2.75, 3.05) is 5.32 Å². The summed E-state index contributed by atoms with van der Waals surface area (Å²) in [5.41, 5.74) is 1.99. The van der Waals surface area contributed by atoms with Crippen LogP contribution in [0.4, 0.5) is 5.82 Å². The maximum Gasteiger partial charge on any atom is 0.330 e. The van der Waals surface area contributed by atoms with Crippen LogP contribution in [-0.2, 0) is 11.3 Å². The number of anilines is 1. The van der Waals surface area contributed by atoms with E-state index in [1.165, 1.54) is 4.57 Å². The summed E-state index contributed by atoms with van der Waals surface area (Å²) in [6.45, 7) is 4.35. The van der Waals surface area contributed by atoms with Gasteiger partial charge in [0.15, 0.2) is 5.78 Å². The second kappa shape index (κ2) is 7.62. The maximum absolute atomic E-state index is 13.3. The van der Waals surface area contributed by atoms with Gasteiger partial charge in [0.05, 0.1) is 12.1 Å². The van der Waals surface area contributed by atoms with Crippen LogP contribution in [0.15, 0.2) is 75.5 Å². The zero-order chi connectivity index (χ0) is 23.3. The fraction of sp³-hybridized carbons (Fsp3) is 0.269. The van der Waals surface area contributed by atoms with Crippen molar-refractivity contribution in [3.05, 3.63) is 103 Å². The second-order valence-corrected chi connectivity index (χ2v) is 9.58. The zero-order valence-electron chi connectivity index (χ0n) is 18.5. The van der Waals surface area contributed by atoms with E-state index in [0.29, 0.717) is 35.4 Å². The van der Waals surface area contributed by atoms with Gasteiger partial charge in [-0.05, 0) is 35.1 Å². The van der Waals surface area contributed by atoms with Gasteiger partial charge in [-0.2, -0.15) is 0 Å². The first kappa shape index (κ1) is 21.0. The molecule has 1 aliphatic heterocycles. The standard InChI is InChI=1S/C26H25N3O4/c1-26(2)12-18-21(19(31)13-26)20(16-8-10-17(30)11-9-16)22-23(27-18)29(25(33)28-24(22)32)14-15-6-4-3-5-7-15/h3-11,20,27,30H,12-14H2,1-2H3,(H,28,32,33)/t20-/m0/s1. The van der Waals surface area contributed by atoms with Crippen molar-refractivity contribution in [3.8, 4) is 5.75 Å². The van der Waals surface area contributed by atoms with E-state index in [0.717, 1.165) is 11.3 Å². The number of allylic oxidation sites excluding steroid dienone is 2. The number of hydrogen-bond donors (Lipinski definition) is 3. The molecule has 2 aromatic carbocycles. The molecule has 0 saturated carbocycles. The number of benzene rings is 2. The quantitative estimate of drug-likeness (QED) is 0.575. The summed E-state index contributed by atoms with van der Waals surface area (Å²) in [5, 5.41) is 13.1. The highest BCUT2D eigenvalue weighted by Crippen LogP contribution is 2.47. The molecule has 3 N–H and O–H groups in total. The molecular weight excluding hydrogens is 418 g/mol. The number of nitrogens with one attached hydrogen (secondary N) is 2. The number of carbonyl (C=O) groups is 1. The lowest BCUT2D eigenvalue weighted by atomic mass is 9.69. The Bertz CT molecular complexity index is 1400. The van der Waals surface area contributed by atoms with E-state index in [1.54, 1.807) is 24.3 Å². The van der Waals surface area contributed by atoms with Crippen LogP contribution in [0.1, 0.15) is 49.3 Å². The normalized spacial score (nSPS) is 19.0. The summed E-state index contributed by atoms with van der Waals surface area (Å²) >= 11 is 0. The fourth-order valence-electron chi connectivity index (χ4n) is 4.97. The lowest BCUT2D eigenvalue weighted by Gasteiger charge is -2.39. The second-order valence-electron chi connectivity index (χ2n) is 9.58. The van der Waals surface area contributed by atoms with Gasteiger partial charge in [0, 0.05) is 23.6 Å². The van der Waals surface area contributed by atoms with Crippen LogP contribution in [0.2, 0.25) is 0 Å². The molecule has 0 amide bonds. The molecule has 33 heavy (non-hydrogen) atoms. The average Bonchev–Trinajstić information content (AvgIpc) is 2.76. The number of carbonyl (C=O) groups excluding carboxylic acids is 1. The van der Waals surface area contributed by atoms with Crippen molar-refractivity contribution in [2.45, 2.75) is 39.2 Å². The highest BCUT2D eigenvalue weighted by Gasteiger charge is 2.42. The van der Waals surface area contributed by atoms with Crippen LogP contribution >= 0.6 is 0 Å². The zero-order valence-corrected chi connectivity index (χ0v) is 18.5. The molecule has 1 aliphatic carbocycles. The minimum atomic E-state index is -0.633. The summed E-state index contributed by atoms with van der Waals surface area (Å²) in [7, 11) is 0. The molecule has 7 heteroatoms. The predicted octanol–water partition coefficient (Wildman–Crippen LogP) is 3.49. The van der Waals surface area contributed by atoms with Crippen LogP contribution in [-0.4, -0.2) is 20.4 Å². The predicted molar refractivity (Wildman–Crippen MR) is 125 cm³/mol. The van der Waals surface area contributed by atoms with Crippen molar-refractivity contribution in [2.24, 2.45) is 5.41 Å². The molecule has 0 spiro atoms. The highest BCUT2D eigenvalue weighted by molar-refractivity contribution is 6.01. The first-order valence-corrected chi connectivity index (χ1v) is 11.0. The maximum atomic E-state index is 13.3. The average molecular weight is 444 g/mol. The van der Waals surface area contributed by atoms with Crippen molar-refractivity contribution in [3.63, 3.8) is 0 Å². The number of aromatic hydroxyl groups is 1.